The van der Waals surface area contributed by atoms with E-state index >= 15 is 0 Å². The molecule has 0 radical (unpaired) electrons. The zero-order valence-electron chi connectivity index (χ0n) is 10.7. The summed E-state index contributed by atoms with van der Waals surface area (Å²) in [5.74, 6) is -0.193. The van der Waals surface area contributed by atoms with Crippen molar-refractivity contribution in [1.82, 2.24) is 10.2 Å². The predicted molar refractivity (Wildman–Crippen MR) is 63.1 cm³/mol. The molecule has 0 bridgehead atoms. The highest BCUT2D eigenvalue weighted by atomic mass is 19.4. The molecule has 1 saturated heterocycles. The van der Waals surface area contributed by atoms with Gasteiger partial charge in [0.1, 0.15) is 6.54 Å². The van der Waals surface area contributed by atoms with Gasteiger partial charge in [-0.3, -0.25) is 4.79 Å². The molecule has 1 N–H and O–H groups in total. The number of alkyl halides is 3. The highest BCUT2D eigenvalue weighted by Crippen LogP contribution is 2.20. The van der Waals surface area contributed by atoms with Gasteiger partial charge in [-0.2, -0.15) is 13.2 Å². The topological polar surface area (TPSA) is 32.3 Å². The van der Waals surface area contributed by atoms with Crippen molar-refractivity contribution >= 4 is 5.91 Å². The highest BCUT2D eigenvalue weighted by molar-refractivity contribution is 5.76. The van der Waals surface area contributed by atoms with E-state index in [4.69, 9.17) is 0 Å². The van der Waals surface area contributed by atoms with Crippen molar-refractivity contribution in [2.24, 2.45) is 5.92 Å². The van der Waals surface area contributed by atoms with E-state index in [0.29, 0.717) is 6.42 Å². The normalized spacial score (nSPS) is 20.8. The number of halogens is 3. The summed E-state index contributed by atoms with van der Waals surface area (Å²) >= 11 is 0. The Labute approximate surface area is 106 Å². The highest BCUT2D eigenvalue weighted by Gasteiger charge is 2.33. The average Bonchev–Trinajstić information content (AvgIpc) is 2.28. The number of nitrogens with one attached hydrogen (secondary N) is 1. The minimum Gasteiger partial charge on any atom is -0.334 e. The molecule has 1 aliphatic rings. The lowest BCUT2D eigenvalue weighted by Crippen LogP contribution is -2.41. The van der Waals surface area contributed by atoms with Gasteiger partial charge in [-0.15, -0.1) is 0 Å². The Hall–Kier alpha value is -0.780. The Morgan fingerprint density at radius 3 is 2.67 bits per heavy atom. The zero-order chi connectivity index (χ0) is 13.6. The van der Waals surface area contributed by atoms with E-state index in [0.717, 1.165) is 30.8 Å². The third kappa shape index (κ3) is 5.71. The van der Waals surface area contributed by atoms with E-state index in [9.17, 15) is 18.0 Å². The summed E-state index contributed by atoms with van der Waals surface area (Å²) in [6.07, 6.45) is -1.63. The van der Waals surface area contributed by atoms with Crippen LogP contribution in [0.4, 0.5) is 13.2 Å². The lowest BCUT2D eigenvalue weighted by molar-refractivity contribution is -0.161. The Balaban J connectivity index is 2.47. The molecular formula is C12H21F3N2O. The predicted octanol–water partition coefficient (Wildman–Crippen LogP) is 2.18. The summed E-state index contributed by atoms with van der Waals surface area (Å²) in [6.45, 7) is 2.50. The number of rotatable bonds is 5. The molecule has 0 spiro atoms. The summed E-state index contributed by atoms with van der Waals surface area (Å²) in [6, 6.07) is 0. The average molecular weight is 266 g/mol. The summed E-state index contributed by atoms with van der Waals surface area (Å²) in [7, 11) is 0. The van der Waals surface area contributed by atoms with Gasteiger partial charge in [0.15, 0.2) is 0 Å². The standard InChI is InChI=1S/C12H21F3N2O/c1-2-6-17(9-12(13,14)15)11(18)7-10-4-3-5-16-8-10/h10,16H,2-9H2,1H3. The molecule has 1 fully saturated rings. The molecule has 106 valence electrons. The van der Waals surface area contributed by atoms with Crippen molar-refractivity contribution in [3.8, 4) is 0 Å². The molecule has 3 nitrogen and oxygen atoms in total. The van der Waals surface area contributed by atoms with Gasteiger partial charge in [0.05, 0.1) is 0 Å². The second-order valence-electron chi connectivity index (χ2n) is 4.85. The van der Waals surface area contributed by atoms with Gasteiger partial charge in [0.25, 0.3) is 0 Å². The lowest BCUT2D eigenvalue weighted by Gasteiger charge is -2.27. The molecule has 0 aromatic heterocycles. The van der Waals surface area contributed by atoms with Gasteiger partial charge in [0.2, 0.25) is 5.91 Å². The van der Waals surface area contributed by atoms with Gasteiger partial charge < -0.3 is 10.2 Å². The maximum Gasteiger partial charge on any atom is 0.406 e. The van der Waals surface area contributed by atoms with Crippen LogP contribution >= 0.6 is 0 Å². The minimum atomic E-state index is -4.31. The number of hydrogen-bond donors (Lipinski definition) is 1. The second kappa shape index (κ2) is 6.97. The molecule has 1 unspecified atom stereocenters. The van der Waals surface area contributed by atoms with Crippen LogP contribution in [0.15, 0.2) is 0 Å². The van der Waals surface area contributed by atoms with E-state index < -0.39 is 12.7 Å². The van der Waals surface area contributed by atoms with Crippen molar-refractivity contribution in [2.75, 3.05) is 26.2 Å². The fourth-order valence-electron chi connectivity index (χ4n) is 2.25. The van der Waals surface area contributed by atoms with E-state index in [1.54, 1.807) is 6.92 Å². The van der Waals surface area contributed by atoms with E-state index in [1.807, 2.05) is 0 Å². The summed E-state index contributed by atoms with van der Waals surface area (Å²) < 4.78 is 37.1. The SMILES string of the molecule is CCCN(CC(F)(F)F)C(=O)CC1CCCNC1. The Morgan fingerprint density at radius 1 is 1.44 bits per heavy atom. The molecule has 6 heteroatoms. The smallest absolute Gasteiger partial charge is 0.334 e. The first-order valence-corrected chi connectivity index (χ1v) is 6.47. The van der Waals surface area contributed by atoms with Crippen LogP contribution in [-0.4, -0.2) is 43.2 Å². The number of hydrogen-bond acceptors (Lipinski definition) is 2. The van der Waals surface area contributed by atoms with Crippen LogP contribution in [0, 0.1) is 5.92 Å². The lowest BCUT2D eigenvalue weighted by atomic mass is 9.95. The number of carbonyl (C=O) groups excluding carboxylic acids is 1. The fourth-order valence-corrected chi connectivity index (χ4v) is 2.25. The number of amides is 1. The third-order valence-corrected chi connectivity index (χ3v) is 3.08. The largest absolute Gasteiger partial charge is 0.406 e. The Morgan fingerprint density at radius 2 is 2.17 bits per heavy atom. The van der Waals surface area contributed by atoms with Crippen molar-refractivity contribution < 1.29 is 18.0 Å². The number of piperidine rings is 1. The van der Waals surface area contributed by atoms with Crippen LogP contribution in [0.3, 0.4) is 0 Å². The quantitative estimate of drug-likeness (QED) is 0.827. The number of nitrogens with zero attached hydrogens (tertiary/aromatic N) is 1. The summed E-state index contributed by atoms with van der Waals surface area (Å²) in [5.41, 5.74) is 0. The molecule has 0 saturated carbocycles. The van der Waals surface area contributed by atoms with Gasteiger partial charge in [-0.05, 0) is 38.3 Å². The molecule has 0 aromatic rings. The van der Waals surface area contributed by atoms with E-state index in [-0.39, 0.29) is 24.8 Å². The zero-order valence-corrected chi connectivity index (χ0v) is 10.7. The molecule has 1 atom stereocenters. The first-order valence-electron chi connectivity index (χ1n) is 6.47. The molecule has 1 rings (SSSR count). The number of carbonyl (C=O) groups is 1. The van der Waals surface area contributed by atoms with Crippen LogP contribution in [0.2, 0.25) is 0 Å². The molecular weight excluding hydrogens is 245 g/mol. The van der Waals surface area contributed by atoms with Crippen LogP contribution < -0.4 is 5.32 Å². The maximum absolute atomic E-state index is 12.4. The van der Waals surface area contributed by atoms with Crippen molar-refractivity contribution in [3.05, 3.63) is 0 Å². The third-order valence-electron chi connectivity index (χ3n) is 3.08. The van der Waals surface area contributed by atoms with E-state index in [2.05, 4.69) is 5.32 Å². The molecule has 0 aliphatic carbocycles. The molecule has 0 aromatic carbocycles. The molecule has 1 heterocycles. The van der Waals surface area contributed by atoms with E-state index in [1.165, 1.54) is 0 Å². The Bertz CT molecular complexity index is 263. The molecule has 18 heavy (non-hydrogen) atoms. The molecule has 1 amide bonds. The first kappa shape index (κ1) is 15.3. The Kier molecular flexibility index (Phi) is 5.91. The van der Waals surface area contributed by atoms with Crippen LogP contribution in [-0.2, 0) is 4.79 Å². The summed E-state index contributed by atoms with van der Waals surface area (Å²) in [5, 5.41) is 3.17. The van der Waals surface area contributed by atoms with Gasteiger partial charge in [0, 0.05) is 13.0 Å². The van der Waals surface area contributed by atoms with Crippen molar-refractivity contribution in [2.45, 2.75) is 38.8 Å². The monoisotopic (exact) mass is 266 g/mol. The summed E-state index contributed by atoms with van der Waals surface area (Å²) in [4.78, 5) is 12.8. The van der Waals surface area contributed by atoms with Gasteiger partial charge in [-0.25, -0.2) is 0 Å². The first-order chi connectivity index (χ1) is 8.42. The van der Waals surface area contributed by atoms with Crippen molar-refractivity contribution in [3.63, 3.8) is 0 Å². The fraction of sp³-hybridized carbons (Fsp3) is 0.917. The maximum atomic E-state index is 12.4. The van der Waals surface area contributed by atoms with Crippen LogP contribution in [0.1, 0.15) is 32.6 Å². The van der Waals surface area contributed by atoms with Crippen LogP contribution in [0.5, 0.6) is 0 Å². The second-order valence-corrected chi connectivity index (χ2v) is 4.85. The van der Waals surface area contributed by atoms with Crippen LogP contribution in [0.25, 0.3) is 0 Å². The van der Waals surface area contributed by atoms with Gasteiger partial charge in [-0.1, -0.05) is 6.92 Å². The van der Waals surface area contributed by atoms with Gasteiger partial charge >= 0.3 is 6.18 Å². The van der Waals surface area contributed by atoms with Crippen molar-refractivity contribution in [1.29, 1.82) is 0 Å². The molecule has 1 aliphatic heterocycles. The minimum absolute atomic E-state index is 0.179.